The molecule has 5 aromatic rings. The van der Waals surface area contributed by atoms with E-state index in [-0.39, 0.29) is 0 Å². The highest BCUT2D eigenvalue weighted by molar-refractivity contribution is 5.52. The molecule has 0 saturated carbocycles. The molecule has 0 amide bonds. The standard InChI is InChI=1S/C36H34N2O/c1-5-14-29(15-6-1)16-13-25-39-27-30-23-24-34-35(26-30)38(28-37-34)36(31-17-7-2-8-18-31,32-19-9-3-10-20-32)33-21-11-4-12-22-33/h1-22,28,30H,23-27H2/b16-13+. The summed E-state index contributed by atoms with van der Waals surface area (Å²) in [5, 5.41) is 0. The van der Waals surface area contributed by atoms with Crippen molar-refractivity contribution in [3.8, 4) is 0 Å². The number of imidazole rings is 1. The number of aromatic nitrogens is 2. The molecule has 0 N–H and O–H groups in total. The van der Waals surface area contributed by atoms with E-state index >= 15 is 0 Å². The lowest BCUT2D eigenvalue weighted by Crippen LogP contribution is -2.39. The van der Waals surface area contributed by atoms with E-state index in [1.807, 2.05) is 6.07 Å². The molecular formula is C36H34N2O. The SMILES string of the molecule is C(=C\c1ccccc1)/COCC1CCc2ncn(C(c3ccccc3)(c3ccccc3)c3ccccc3)c2C1. The third-order valence-corrected chi connectivity index (χ3v) is 7.84. The first kappa shape index (κ1) is 25.1. The molecule has 1 aromatic heterocycles. The number of hydrogen-bond acceptors (Lipinski definition) is 2. The highest BCUT2D eigenvalue weighted by atomic mass is 16.5. The Hall–Kier alpha value is -4.21. The highest BCUT2D eigenvalue weighted by Crippen LogP contribution is 2.43. The van der Waals surface area contributed by atoms with Crippen LogP contribution < -0.4 is 0 Å². The summed E-state index contributed by atoms with van der Waals surface area (Å²) in [5.41, 5.74) is 6.89. The van der Waals surface area contributed by atoms with Crippen molar-refractivity contribution >= 4 is 6.08 Å². The Morgan fingerprint density at radius 2 is 1.28 bits per heavy atom. The zero-order chi connectivity index (χ0) is 26.3. The van der Waals surface area contributed by atoms with Crippen LogP contribution >= 0.6 is 0 Å². The van der Waals surface area contributed by atoms with Gasteiger partial charge in [-0.1, -0.05) is 133 Å². The van der Waals surface area contributed by atoms with Crippen LogP contribution in [-0.4, -0.2) is 22.8 Å². The van der Waals surface area contributed by atoms with Crippen LogP contribution in [0.3, 0.4) is 0 Å². The molecule has 0 fully saturated rings. The fourth-order valence-corrected chi connectivity index (χ4v) is 5.99. The Morgan fingerprint density at radius 3 is 1.85 bits per heavy atom. The van der Waals surface area contributed by atoms with Gasteiger partial charge >= 0.3 is 0 Å². The van der Waals surface area contributed by atoms with Gasteiger partial charge in [-0.25, -0.2) is 4.98 Å². The third-order valence-electron chi connectivity index (χ3n) is 7.84. The summed E-state index contributed by atoms with van der Waals surface area (Å²) >= 11 is 0. The largest absolute Gasteiger partial charge is 0.377 e. The minimum atomic E-state index is -0.522. The van der Waals surface area contributed by atoms with E-state index < -0.39 is 5.54 Å². The minimum absolute atomic E-state index is 0.457. The van der Waals surface area contributed by atoms with Crippen molar-refractivity contribution < 1.29 is 4.74 Å². The molecule has 0 radical (unpaired) electrons. The predicted octanol–water partition coefficient (Wildman–Crippen LogP) is 7.56. The summed E-state index contributed by atoms with van der Waals surface area (Å²) < 4.78 is 8.60. The maximum absolute atomic E-state index is 6.15. The van der Waals surface area contributed by atoms with Crippen molar-refractivity contribution in [1.29, 1.82) is 0 Å². The number of benzene rings is 4. The molecule has 4 aromatic carbocycles. The van der Waals surface area contributed by atoms with Crippen LogP contribution in [0.2, 0.25) is 0 Å². The number of fused-ring (bicyclic) bond motifs is 1. The van der Waals surface area contributed by atoms with Crippen molar-refractivity contribution in [3.63, 3.8) is 0 Å². The molecular weight excluding hydrogens is 476 g/mol. The third kappa shape index (κ3) is 5.10. The average Bonchev–Trinajstić information content (AvgIpc) is 3.43. The number of hydrogen-bond donors (Lipinski definition) is 0. The van der Waals surface area contributed by atoms with Crippen LogP contribution in [0.1, 0.15) is 40.1 Å². The van der Waals surface area contributed by atoms with Gasteiger partial charge in [0.05, 0.1) is 25.2 Å². The van der Waals surface area contributed by atoms with Gasteiger partial charge in [0, 0.05) is 5.69 Å². The van der Waals surface area contributed by atoms with Crippen LogP contribution in [0, 0.1) is 5.92 Å². The summed E-state index contributed by atoms with van der Waals surface area (Å²) in [6.45, 7) is 1.37. The van der Waals surface area contributed by atoms with Crippen molar-refractivity contribution in [2.45, 2.75) is 24.8 Å². The maximum atomic E-state index is 6.15. The summed E-state index contributed by atoms with van der Waals surface area (Å²) in [6, 6.07) is 42.9. The lowest BCUT2D eigenvalue weighted by Gasteiger charge is -2.39. The molecule has 6 rings (SSSR count). The second-order valence-corrected chi connectivity index (χ2v) is 10.3. The van der Waals surface area contributed by atoms with Gasteiger partial charge in [-0.3, -0.25) is 0 Å². The Labute approximate surface area is 231 Å². The average molecular weight is 511 g/mol. The van der Waals surface area contributed by atoms with E-state index in [9.17, 15) is 0 Å². The molecule has 1 aliphatic carbocycles. The topological polar surface area (TPSA) is 27.1 Å². The zero-order valence-corrected chi connectivity index (χ0v) is 22.2. The predicted molar refractivity (Wildman–Crippen MR) is 159 cm³/mol. The zero-order valence-electron chi connectivity index (χ0n) is 22.2. The quantitative estimate of drug-likeness (QED) is 0.151. The molecule has 1 atom stereocenters. The molecule has 1 heterocycles. The van der Waals surface area contributed by atoms with Crippen LogP contribution in [0.15, 0.2) is 134 Å². The van der Waals surface area contributed by atoms with Crippen molar-refractivity contribution in [2.75, 3.05) is 13.2 Å². The normalized spacial score (nSPS) is 15.3. The second kappa shape index (κ2) is 11.7. The van der Waals surface area contributed by atoms with E-state index in [0.717, 1.165) is 25.9 Å². The fraction of sp³-hybridized carbons (Fsp3) is 0.194. The number of ether oxygens (including phenoxy) is 1. The lowest BCUT2D eigenvalue weighted by atomic mass is 9.76. The first-order valence-corrected chi connectivity index (χ1v) is 13.9. The lowest BCUT2D eigenvalue weighted by molar-refractivity contribution is 0.115. The molecule has 3 heteroatoms. The Balaban J connectivity index is 1.33. The van der Waals surface area contributed by atoms with E-state index in [4.69, 9.17) is 9.72 Å². The summed E-state index contributed by atoms with van der Waals surface area (Å²) in [6.07, 6.45) is 9.34. The number of rotatable bonds is 9. The van der Waals surface area contributed by atoms with Crippen molar-refractivity contribution in [3.05, 3.63) is 167 Å². The molecule has 0 aliphatic heterocycles. The molecule has 39 heavy (non-hydrogen) atoms. The molecule has 194 valence electrons. The van der Waals surface area contributed by atoms with E-state index in [2.05, 4.69) is 138 Å². The van der Waals surface area contributed by atoms with Gasteiger partial charge in [0.1, 0.15) is 5.54 Å². The van der Waals surface area contributed by atoms with Gasteiger partial charge in [0.25, 0.3) is 0 Å². The summed E-state index contributed by atoms with van der Waals surface area (Å²) in [4.78, 5) is 4.99. The van der Waals surface area contributed by atoms with Crippen LogP contribution in [0.4, 0.5) is 0 Å². The van der Waals surface area contributed by atoms with E-state index in [1.165, 1.54) is 33.6 Å². The molecule has 1 unspecified atom stereocenters. The monoisotopic (exact) mass is 510 g/mol. The first-order chi connectivity index (χ1) is 19.4. The van der Waals surface area contributed by atoms with Crippen LogP contribution in [0.25, 0.3) is 6.08 Å². The van der Waals surface area contributed by atoms with E-state index in [0.29, 0.717) is 12.5 Å². The van der Waals surface area contributed by atoms with Crippen LogP contribution in [0.5, 0.6) is 0 Å². The first-order valence-electron chi connectivity index (χ1n) is 13.9. The Bertz CT molecular complexity index is 1390. The molecule has 0 bridgehead atoms. The molecule has 1 aliphatic rings. The van der Waals surface area contributed by atoms with Gasteiger partial charge in [0.2, 0.25) is 0 Å². The Kier molecular flexibility index (Phi) is 7.51. The van der Waals surface area contributed by atoms with E-state index in [1.54, 1.807) is 0 Å². The second-order valence-electron chi connectivity index (χ2n) is 10.3. The summed E-state index contributed by atoms with van der Waals surface area (Å²) in [7, 11) is 0. The van der Waals surface area contributed by atoms with Crippen LogP contribution in [-0.2, 0) is 23.1 Å². The Morgan fingerprint density at radius 1 is 0.744 bits per heavy atom. The van der Waals surface area contributed by atoms with Gasteiger partial charge in [-0.05, 0) is 47.4 Å². The number of aryl methyl sites for hydroxylation is 1. The van der Waals surface area contributed by atoms with Crippen molar-refractivity contribution in [1.82, 2.24) is 9.55 Å². The number of nitrogens with zero attached hydrogens (tertiary/aromatic N) is 2. The maximum Gasteiger partial charge on any atom is 0.121 e. The minimum Gasteiger partial charge on any atom is -0.377 e. The molecule has 0 saturated heterocycles. The van der Waals surface area contributed by atoms with Gasteiger partial charge in [0.15, 0.2) is 0 Å². The molecule has 0 spiro atoms. The van der Waals surface area contributed by atoms with Gasteiger partial charge < -0.3 is 9.30 Å². The summed E-state index contributed by atoms with van der Waals surface area (Å²) in [5.74, 6) is 0.457. The fourth-order valence-electron chi connectivity index (χ4n) is 5.99. The molecule has 3 nitrogen and oxygen atoms in total. The highest BCUT2D eigenvalue weighted by Gasteiger charge is 2.41. The van der Waals surface area contributed by atoms with Gasteiger partial charge in [-0.15, -0.1) is 0 Å². The van der Waals surface area contributed by atoms with Crippen molar-refractivity contribution in [2.24, 2.45) is 5.92 Å². The van der Waals surface area contributed by atoms with Gasteiger partial charge in [-0.2, -0.15) is 0 Å². The smallest absolute Gasteiger partial charge is 0.121 e.